The van der Waals surface area contributed by atoms with Crippen molar-refractivity contribution in [3.8, 4) is 0 Å². The van der Waals surface area contributed by atoms with E-state index >= 15 is 0 Å². The first-order valence-corrected chi connectivity index (χ1v) is 12.2. The van der Waals surface area contributed by atoms with Gasteiger partial charge < -0.3 is 20.2 Å². The number of hydrogen-bond donors (Lipinski definition) is 3. The van der Waals surface area contributed by atoms with E-state index in [4.69, 9.17) is 0 Å². The van der Waals surface area contributed by atoms with Crippen LogP contribution in [-0.4, -0.2) is 33.2 Å². The Balaban J connectivity index is 1.89. The van der Waals surface area contributed by atoms with Gasteiger partial charge in [0.1, 0.15) is 0 Å². The summed E-state index contributed by atoms with van der Waals surface area (Å²) >= 11 is 0. The van der Waals surface area contributed by atoms with E-state index in [-0.39, 0.29) is 16.7 Å². The Hall–Kier alpha value is -4.13. The van der Waals surface area contributed by atoms with Crippen LogP contribution in [0.1, 0.15) is 106 Å². The lowest BCUT2D eigenvalue weighted by atomic mass is 9.60. The van der Waals surface area contributed by atoms with Gasteiger partial charge in [0.2, 0.25) is 0 Å². The number of aromatic carboxylic acids is 3. The number of anilines is 3. The van der Waals surface area contributed by atoms with Crippen molar-refractivity contribution < 1.29 is 29.7 Å². The van der Waals surface area contributed by atoms with E-state index in [0.717, 1.165) is 50.4 Å². The quantitative estimate of drug-likeness (QED) is 0.396. The minimum Gasteiger partial charge on any atom is -0.478 e. The molecule has 0 saturated carbocycles. The molecule has 3 aliphatic rings. The SMILES string of the molecule is CC1(C)c2cc(C(=O)O)cc3c2N2c4c1cc(C(=O)O)cc4C(C)(C)c1cc(C(=O)O)cc(c12)C3(C)C. The van der Waals surface area contributed by atoms with E-state index in [1.165, 1.54) is 0 Å². The van der Waals surface area contributed by atoms with Crippen molar-refractivity contribution >= 4 is 35.0 Å². The van der Waals surface area contributed by atoms with Crippen LogP contribution in [0.2, 0.25) is 0 Å². The molecule has 7 heteroatoms. The third kappa shape index (κ3) is 2.64. The van der Waals surface area contributed by atoms with Crippen molar-refractivity contribution in [1.29, 1.82) is 0 Å². The maximum atomic E-state index is 12.2. The third-order valence-electron chi connectivity index (χ3n) is 8.78. The predicted octanol–water partition coefficient (Wildman–Crippen LogP) is 6.17. The zero-order valence-electron chi connectivity index (χ0n) is 21.5. The van der Waals surface area contributed by atoms with Gasteiger partial charge in [-0.25, -0.2) is 14.4 Å². The molecule has 0 spiro atoms. The van der Waals surface area contributed by atoms with Gasteiger partial charge >= 0.3 is 17.9 Å². The standard InChI is InChI=1S/C30H27NO6/c1-28(2)16-7-13(25(32)33)9-18-22(16)31-23-17(28)8-14(26(34)35)10-19(23)30(5,6)21-12-15(27(36)37)11-20(24(21)31)29(18,3)4/h7-12H,1-6H3,(H,32,33)(H,34,35)(H,36,37). The van der Waals surface area contributed by atoms with Crippen LogP contribution < -0.4 is 4.90 Å². The number of carboxylic acid groups (broad SMARTS) is 3. The van der Waals surface area contributed by atoms with Crippen molar-refractivity contribution in [1.82, 2.24) is 0 Å². The van der Waals surface area contributed by atoms with Crippen molar-refractivity contribution in [2.75, 3.05) is 4.90 Å². The van der Waals surface area contributed by atoms with E-state index in [0.29, 0.717) is 0 Å². The van der Waals surface area contributed by atoms with Crippen molar-refractivity contribution in [2.24, 2.45) is 0 Å². The molecule has 0 atom stereocenters. The molecule has 0 unspecified atom stereocenters. The summed E-state index contributed by atoms with van der Waals surface area (Å²) in [6, 6.07) is 10.2. The Morgan fingerprint density at radius 2 is 0.676 bits per heavy atom. The van der Waals surface area contributed by atoms with Gasteiger partial charge in [0.25, 0.3) is 0 Å². The summed E-state index contributed by atoms with van der Waals surface area (Å²) in [6.45, 7) is 12.0. The molecule has 3 N–H and O–H groups in total. The van der Waals surface area contributed by atoms with Crippen molar-refractivity contribution in [3.63, 3.8) is 0 Å². The lowest BCUT2D eigenvalue weighted by molar-refractivity contribution is 0.0686. The lowest BCUT2D eigenvalue weighted by Gasteiger charge is -2.55. The molecule has 3 heterocycles. The van der Waals surface area contributed by atoms with Crippen molar-refractivity contribution in [2.45, 2.75) is 57.8 Å². The number of hydrogen-bond acceptors (Lipinski definition) is 4. The summed E-state index contributed by atoms with van der Waals surface area (Å²) < 4.78 is 0. The van der Waals surface area contributed by atoms with E-state index in [1.807, 2.05) is 41.5 Å². The highest BCUT2D eigenvalue weighted by Gasteiger charge is 2.52. The number of benzene rings is 3. The van der Waals surface area contributed by atoms with Gasteiger partial charge in [0.05, 0.1) is 33.8 Å². The molecule has 0 fully saturated rings. The lowest BCUT2D eigenvalue weighted by Crippen LogP contribution is -2.44. The maximum Gasteiger partial charge on any atom is 0.335 e. The van der Waals surface area contributed by atoms with Gasteiger partial charge in [-0.05, 0) is 69.8 Å². The zero-order valence-corrected chi connectivity index (χ0v) is 21.5. The Bertz CT molecular complexity index is 1370. The molecule has 0 bridgehead atoms. The predicted molar refractivity (Wildman–Crippen MR) is 138 cm³/mol. The van der Waals surface area contributed by atoms with E-state index < -0.39 is 34.2 Å². The van der Waals surface area contributed by atoms with Gasteiger partial charge in [0, 0.05) is 16.2 Å². The molecule has 0 aliphatic carbocycles. The Labute approximate surface area is 214 Å². The molecule has 7 nitrogen and oxygen atoms in total. The highest BCUT2D eigenvalue weighted by atomic mass is 16.4. The molecule has 3 aliphatic heterocycles. The fraction of sp³-hybridized carbons (Fsp3) is 0.300. The minimum atomic E-state index is -1.05. The van der Waals surface area contributed by atoms with E-state index in [1.54, 1.807) is 36.4 Å². The second kappa shape index (κ2) is 6.59. The van der Waals surface area contributed by atoms with Crippen LogP contribution in [0.5, 0.6) is 0 Å². The van der Waals surface area contributed by atoms with Gasteiger partial charge in [-0.2, -0.15) is 0 Å². The highest BCUT2D eigenvalue weighted by molar-refractivity contribution is 6.03. The summed E-state index contributed by atoms with van der Waals surface area (Å²) in [5, 5.41) is 30.0. The summed E-state index contributed by atoms with van der Waals surface area (Å²) in [5.41, 5.74) is 5.84. The molecular formula is C30H27NO6. The summed E-state index contributed by atoms with van der Waals surface area (Å²) in [7, 11) is 0. The molecular weight excluding hydrogens is 470 g/mol. The minimum absolute atomic E-state index is 0.142. The highest BCUT2D eigenvalue weighted by Crippen LogP contribution is 2.66. The zero-order chi connectivity index (χ0) is 27.0. The fourth-order valence-electron chi connectivity index (χ4n) is 6.63. The molecule has 188 valence electrons. The van der Waals surface area contributed by atoms with Gasteiger partial charge in [-0.3, -0.25) is 0 Å². The second-order valence-electron chi connectivity index (χ2n) is 11.9. The van der Waals surface area contributed by atoms with Crippen LogP contribution in [0.4, 0.5) is 17.1 Å². The third-order valence-corrected chi connectivity index (χ3v) is 8.78. The number of carbonyl (C=O) groups is 3. The first kappa shape index (κ1) is 23.3. The molecule has 0 saturated heterocycles. The normalized spacial score (nSPS) is 18.2. The Morgan fingerprint density at radius 3 is 0.838 bits per heavy atom. The van der Waals surface area contributed by atoms with Crippen LogP contribution in [-0.2, 0) is 16.2 Å². The van der Waals surface area contributed by atoms with Crippen molar-refractivity contribution in [3.05, 3.63) is 86.5 Å². The van der Waals surface area contributed by atoms with Crippen LogP contribution in [0.25, 0.3) is 0 Å². The number of nitrogens with zero attached hydrogens (tertiary/aromatic N) is 1. The van der Waals surface area contributed by atoms with Crippen LogP contribution in [0.3, 0.4) is 0 Å². The average Bonchev–Trinajstić information content (AvgIpc) is 2.81. The first-order valence-electron chi connectivity index (χ1n) is 12.2. The maximum absolute atomic E-state index is 12.2. The fourth-order valence-corrected chi connectivity index (χ4v) is 6.63. The van der Waals surface area contributed by atoms with Crippen LogP contribution in [0, 0.1) is 0 Å². The van der Waals surface area contributed by atoms with Crippen LogP contribution in [0.15, 0.2) is 36.4 Å². The number of carboxylic acids is 3. The molecule has 0 amide bonds. The van der Waals surface area contributed by atoms with Gasteiger partial charge in [-0.15, -0.1) is 0 Å². The molecule has 6 rings (SSSR count). The number of rotatable bonds is 3. The molecule has 0 radical (unpaired) electrons. The second-order valence-corrected chi connectivity index (χ2v) is 11.9. The molecule has 0 aromatic heterocycles. The Kier molecular flexibility index (Phi) is 4.15. The largest absolute Gasteiger partial charge is 0.478 e. The van der Waals surface area contributed by atoms with Gasteiger partial charge in [-0.1, -0.05) is 41.5 Å². The summed E-state index contributed by atoms with van der Waals surface area (Å²) in [5.74, 6) is -3.16. The molecule has 37 heavy (non-hydrogen) atoms. The Morgan fingerprint density at radius 1 is 0.486 bits per heavy atom. The van der Waals surface area contributed by atoms with Gasteiger partial charge in [0.15, 0.2) is 0 Å². The topological polar surface area (TPSA) is 115 Å². The van der Waals surface area contributed by atoms with E-state index in [9.17, 15) is 29.7 Å². The molecule has 3 aromatic carbocycles. The summed E-state index contributed by atoms with van der Waals surface area (Å²) in [6.07, 6.45) is 0. The smallest absolute Gasteiger partial charge is 0.335 e. The first-order chi connectivity index (χ1) is 17.1. The van der Waals surface area contributed by atoms with E-state index in [2.05, 4.69) is 4.90 Å². The monoisotopic (exact) mass is 497 g/mol. The van der Waals surface area contributed by atoms with Crippen LogP contribution >= 0.6 is 0 Å². The molecule has 3 aromatic rings. The average molecular weight is 498 g/mol. The summed E-state index contributed by atoms with van der Waals surface area (Å²) in [4.78, 5) is 38.8.